The number of rotatable bonds is 5. The molecule has 0 atom stereocenters. The summed E-state index contributed by atoms with van der Waals surface area (Å²) in [5.41, 5.74) is 1.04. The molecule has 4 rings (SSSR count). The van der Waals surface area contributed by atoms with Gasteiger partial charge in [-0.05, 0) is 37.0 Å². The van der Waals surface area contributed by atoms with Crippen LogP contribution in [0.3, 0.4) is 0 Å². The van der Waals surface area contributed by atoms with E-state index in [-0.39, 0.29) is 12.7 Å². The number of nitrogens with one attached hydrogen (secondary N) is 1. The van der Waals surface area contributed by atoms with Gasteiger partial charge in [0.15, 0.2) is 17.3 Å². The van der Waals surface area contributed by atoms with Crippen LogP contribution in [0.15, 0.2) is 28.8 Å². The molecule has 1 aliphatic heterocycles. The Morgan fingerprint density at radius 1 is 1.25 bits per heavy atom. The number of carbonyl (C=O) groups is 1. The minimum atomic E-state index is -0.521. The van der Waals surface area contributed by atoms with Crippen molar-refractivity contribution in [3.8, 4) is 22.8 Å². The van der Waals surface area contributed by atoms with Crippen molar-refractivity contribution in [3.63, 3.8) is 0 Å². The fraction of sp³-hybridized carbons (Fsp3) is 0.444. The Labute approximate surface area is 140 Å². The summed E-state index contributed by atoms with van der Waals surface area (Å²) in [7, 11) is 0. The zero-order chi connectivity index (χ0) is 16.7. The average Bonchev–Trinajstić information content (AvgIpc) is 3.03. The predicted octanol–water partition coefficient (Wildman–Crippen LogP) is 2.87. The number of hydrogen-bond acceptors (Lipinski definition) is 5. The number of ether oxygens (including phenoxy) is 2. The van der Waals surface area contributed by atoms with E-state index in [2.05, 4.69) is 24.3 Å². The fourth-order valence-electron chi connectivity index (χ4n) is 2.88. The molecule has 0 saturated heterocycles. The van der Waals surface area contributed by atoms with Gasteiger partial charge in [0.25, 0.3) is 0 Å². The molecule has 0 bridgehead atoms. The quantitative estimate of drug-likeness (QED) is 0.913. The van der Waals surface area contributed by atoms with E-state index in [1.165, 1.54) is 0 Å². The zero-order valence-electron chi connectivity index (χ0n) is 13.8. The summed E-state index contributed by atoms with van der Waals surface area (Å²) in [5, 5.41) is 7.17. The van der Waals surface area contributed by atoms with Gasteiger partial charge in [-0.15, -0.1) is 0 Å². The Morgan fingerprint density at radius 2 is 2.04 bits per heavy atom. The number of fused-ring (bicyclic) bond motifs is 1. The van der Waals surface area contributed by atoms with Crippen molar-refractivity contribution in [1.29, 1.82) is 0 Å². The molecule has 1 aliphatic carbocycles. The van der Waals surface area contributed by atoms with Crippen molar-refractivity contribution < 1.29 is 18.8 Å². The van der Waals surface area contributed by atoms with E-state index in [0.717, 1.165) is 24.2 Å². The number of carbonyl (C=O) groups excluding carboxylic acids is 1. The van der Waals surface area contributed by atoms with E-state index in [4.69, 9.17) is 14.0 Å². The summed E-state index contributed by atoms with van der Waals surface area (Å²) < 4.78 is 16.2. The van der Waals surface area contributed by atoms with Crippen LogP contribution in [0.1, 0.15) is 32.4 Å². The topological polar surface area (TPSA) is 73.6 Å². The largest absolute Gasteiger partial charge is 0.454 e. The van der Waals surface area contributed by atoms with Crippen molar-refractivity contribution in [2.24, 2.45) is 5.92 Å². The van der Waals surface area contributed by atoms with Crippen molar-refractivity contribution in [1.82, 2.24) is 10.5 Å². The van der Waals surface area contributed by atoms with Gasteiger partial charge < -0.3 is 19.3 Å². The van der Waals surface area contributed by atoms with Crippen molar-refractivity contribution in [3.05, 3.63) is 30.0 Å². The van der Waals surface area contributed by atoms with Gasteiger partial charge in [-0.25, -0.2) is 0 Å². The molecule has 1 amide bonds. The molecule has 126 valence electrons. The first-order valence-electron chi connectivity index (χ1n) is 8.24. The molecule has 1 fully saturated rings. The number of nitrogens with zero attached hydrogens (tertiary/aromatic N) is 1. The summed E-state index contributed by atoms with van der Waals surface area (Å²) in [6.07, 6.45) is 1.62. The van der Waals surface area contributed by atoms with Gasteiger partial charge in [-0.2, -0.15) is 0 Å². The minimum absolute atomic E-state index is 0.0433. The van der Waals surface area contributed by atoms with E-state index in [0.29, 0.717) is 29.7 Å². The lowest BCUT2D eigenvalue weighted by atomic mass is 10.00. The van der Waals surface area contributed by atoms with Gasteiger partial charge in [0.1, 0.15) is 0 Å². The lowest BCUT2D eigenvalue weighted by molar-refractivity contribution is -0.123. The first-order valence-corrected chi connectivity index (χ1v) is 8.24. The van der Waals surface area contributed by atoms with E-state index in [9.17, 15) is 4.79 Å². The van der Waals surface area contributed by atoms with Crippen LogP contribution in [0.2, 0.25) is 0 Å². The molecular weight excluding hydrogens is 308 g/mol. The van der Waals surface area contributed by atoms with Gasteiger partial charge in [0.05, 0.1) is 11.1 Å². The van der Waals surface area contributed by atoms with Gasteiger partial charge >= 0.3 is 0 Å². The highest BCUT2D eigenvalue weighted by atomic mass is 16.7. The molecule has 1 aromatic heterocycles. The number of hydrogen-bond donors (Lipinski definition) is 1. The van der Waals surface area contributed by atoms with Gasteiger partial charge in [0, 0.05) is 18.2 Å². The highest BCUT2D eigenvalue weighted by Crippen LogP contribution is 2.49. The van der Waals surface area contributed by atoms with Gasteiger partial charge in [-0.1, -0.05) is 19.0 Å². The van der Waals surface area contributed by atoms with Crippen LogP contribution in [0.4, 0.5) is 0 Å². The average molecular weight is 328 g/mol. The monoisotopic (exact) mass is 328 g/mol. The standard InChI is InChI=1S/C18H20N2O4/c1-11(2)9-19-17(21)18(5-6-18)16-8-14(24-20-16)12-3-4-13-15(7-12)23-10-22-13/h3-4,7-8,11H,5-6,9-10H2,1-2H3,(H,19,21). The molecule has 6 heteroatoms. The van der Waals surface area contributed by atoms with Gasteiger partial charge in [0.2, 0.25) is 12.7 Å². The van der Waals surface area contributed by atoms with Crippen molar-refractivity contribution >= 4 is 5.91 Å². The fourth-order valence-corrected chi connectivity index (χ4v) is 2.88. The number of amides is 1. The highest BCUT2D eigenvalue weighted by molar-refractivity contribution is 5.91. The van der Waals surface area contributed by atoms with Crippen LogP contribution in [0.5, 0.6) is 11.5 Å². The molecule has 2 aromatic rings. The first-order chi connectivity index (χ1) is 11.6. The minimum Gasteiger partial charge on any atom is -0.454 e. The summed E-state index contributed by atoms with van der Waals surface area (Å²) in [4.78, 5) is 12.5. The number of benzene rings is 1. The molecule has 1 N–H and O–H groups in total. The van der Waals surface area contributed by atoms with Crippen LogP contribution < -0.4 is 14.8 Å². The molecule has 6 nitrogen and oxygen atoms in total. The van der Waals surface area contributed by atoms with E-state index < -0.39 is 5.41 Å². The van der Waals surface area contributed by atoms with E-state index in [1.54, 1.807) is 0 Å². The molecule has 0 radical (unpaired) electrons. The van der Waals surface area contributed by atoms with Crippen LogP contribution in [-0.2, 0) is 10.2 Å². The Hall–Kier alpha value is -2.50. The molecular formula is C18H20N2O4. The summed E-state index contributed by atoms with van der Waals surface area (Å²) in [6, 6.07) is 7.48. The Kier molecular flexibility index (Phi) is 3.48. The number of aromatic nitrogens is 1. The molecule has 24 heavy (non-hydrogen) atoms. The molecule has 1 aromatic carbocycles. The maximum absolute atomic E-state index is 12.5. The molecule has 0 unspecified atom stereocenters. The second-order valence-electron chi connectivity index (χ2n) is 6.83. The van der Waals surface area contributed by atoms with Crippen LogP contribution in [0, 0.1) is 5.92 Å². The predicted molar refractivity (Wildman–Crippen MR) is 86.8 cm³/mol. The zero-order valence-corrected chi connectivity index (χ0v) is 13.8. The SMILES string of the molecule is CC(C)CNC(=O)C1(c2cc(-c3ccc4c(c3)OCO4)on2)CC1. The molecule has 0 spiro atoms. The first kappa shape index (κ1) is 15.1. The van der Waals surface area contributed by atoms with Crippen LogP contribution >= 0.6 is 0 Å². The van der Waals surface area contributed by atoms with Crippen LogP contribution in [0.25, 0.3) is 11.3 Å². The van der Waals surface area contributed by atoms with Crippen LogP contribution in [-0.4, -0.2) is 24.4 Å². The molecule has 2 aliphatic rings. The second-order valence-corrected chi connectivity index (χ2v) is 6.83. The smallest absolute Gasteiger partial charge is 0.232 e. The Bertz CT molecular complexity index is 777. The lowest BCUT2D eigenvalue weighted by Crippen LogP contribution is -2.36. The third-order valence-corrected chi connectivity index (χ3v) is 4.51. The molecule has 2 heterocycles. The third-order valence-electron chi connectivity index (χ3n) is 4.51. The summed E-state index contributed by atoms with van der Waals surface area (Å²) in [6.45, 7) is 5.06. The maximum atomic E-state index is 12.5. The highest BCUT2D eigenvalue weighted by Gasteiger charge is 2.53. The normalized spacial score (nSPS) is 17.1. The summed E-state index contributed by atoms with van der Waals surface area (Å²) in [5.74, 6) is 2.52. The third kappa shape index (κ3) is 2.52. The van der Waals surface area contributed by atoms with E-state index in [1.807, 2.05) is 24.3 Å². The maximum Gasteiger partial charge on any atom is 0.232 e. The van der Waals surface area contributed by atoms with E-state index >= 15 is 0 Å². The van der Waals surface area contributed by atoms with Gasteiger partial charge in [-0.3, -0.25) is 4.79 Å². The summed E-state index contributed by atoms with van der Waals surface area (Å²) >= 11 is 0. The lowest BCUT2D eigenvalue weighted by Gasteiger charge is -2.13. The second kappa shape index (κ2) is 5.54. The van der Waals surface area contributed by atoms with Crippen molar-refractivity contribution in [2.45, 2.75) is 32.1 Å². The Balaban J connectivity index is 1.55. The Morgan fingerprint density at radius 3 is 2.79 bits per heavy atom. The van der Waals surface area contributed by atoms with Crippen molar-refractivity contribution in [2.75, 3.05) is 13.3 Å². The molecule has 1 saturated carbocycles.